The Morgan fingerprint density at radius 2 is 1.59 bits per heavy atom. The van der Waals surface area contributed by atoms with Crippen LogP contribution >= 0.6 is 11.3 Å². The van der Waals surface area contributed by atoms with E-state index in [1.54, 1.807) is 67.6 Å². The average Bonchev–Trinajstić information content (AvgIpc) is 3.63. The van der Waals surface area contributed by atoms with E-state index in [9.17, 15) is 19.5 Å². The SMILES string of the molecule is CCOC(=O)c1c(C2CC2)csc1NC(=O)COC(=O)C(O)(c1ccccc1)c1ccccc1. The van der Waals surface area contributed by atoms with Crippen molar-refractivity contribution in [2.24, 2.45) is 0 Å². The predicted molar refractivity (Wildman–Crippen MR) is 128 cm³/mol. The van der Waals surface area contributed by atoms with Crippen LogP contribution < -0.4 is 5.32 Å². The van der Waals surface area contributed by atoms with Crippen molar-refractivity contribution in [3.05, 3.63) is 88.3 Å². The Labute approximate surface area is 201 Å². The molecule has 2 N–H and O–H groups in total. The topological polar surface area (TPSA) is 102 Å². The quantitative estimate of drug-likeness (QED) is 0.446. The van der Waals surface area contributed by atoms with E-state index in [4.69, 9.17) is 9.47 Å². The van der Waals surface area contributed by atoms with Gasteiger partial charge in [0.2, 0.25) is 5.60 Å². The number of hydrogen-bond acceptors (Lipinski definition) is 7. The van der Waals surface area contributed by atoms with E-state index >= 15 is 0 Å². The van der Waals surface area contributed by atoms with E-state index in [0.29, 0.717) is 27.6 Å². The Bertz CT molecular complexity index is 1130. The number of nitrogens with one attached hydrogen (secondary N) is 1. The van der Waals surface area contributed by atoms with Crippen LogP contribution in [0.25, 0.3) is 0 Å². The Balaban J connectivity index is 1.49. The number of thiophene rings is 1. The Morgan fingerprint density at radius 3 is 2.12 bits per heavy atom. The van der Waals surface area contributed by atoms with Crippen molar-refractivity contribution in [1.82, 2.24) is 0 Å². The third-order valence-corrected chi connectivity index (χ3v) is 6.50. The zero-order chi connectivity index (χ0) is 24.1. The van der Waals surface area contributed by atoms with Crippen LogP contribution in [-0.4, -0.2) is 36.2 Å². The Hall–Kier alpha value is -3.49. The van der Waals surface area contributed by atoms with Gasteiger partial charge in [-0.25, -0.2) is 9.59 Å². The fourth-order valence-corrected chi connectivity index (χ4v) is 4.78. The fraction of sp³-hybridized carbons (Fsp3) is 0.269. The molecule has 0 radical (unpaired) electrons. The van der Waals surface area contributed by atoms with Crippen LogP contribution in [0.4, 0.5) is 5.00 Å². The summed E-state index contributed by atoms with van der Waals surface area (Å²) in [7, 11) is 0. The molecule has 2 aromatic carbocycles. The number of amides is 1. The van der Waals surface area contributed by atoms with E-state index in [1.807, 2.05) is 5.38 Å². The number of aliphatic hydroxyl groups is 1. The number of benzene rings is 2. The van der Waals surface area contributed by atoms with Gasteiger partial charge in [0, 0.05) is 0 Å². The largest absolute Gasteiger partial charge is 0.462 e. The molecule has 1 aromatic heterocycles. The first-order chi connectivity index (χ1) is 16.4. The predicted octanol–water partition coefficient (Wildman–Crippen LogP) is 4.22. The van der Waals surface area contributed by atoms with Gasteiger partial charge in [-0.3, -0.25) is 4.79 Å². The lowest BCUT2D eigenvalue weighted by molar-refractivity contribution is -0.163. The van der Waals surface area contributed by atoms with Crippen LogP contribution in [0.1, 0.15) is 52.7 Å². The maximum atomic E-state index is 13.1. The van der Waals surface area contributed by atoms with Crippen molar-refractivity contribution in [2.75, 3.05) is 18.5 Å². The van der Waals surface area contributed by atoms with Gasteiger partial charge in [-0.15, -0.1) is 11.3 Å². The van der Waals surface area contributed by atoms with Crippen molar-refractivity contribution >= 4 is 34.2 Å². The first-order valence-corrected chi connectivity index (χ1v) is 11.9. The lowest BCUT2D eigenvalue weighted by atomic mass is 9.86. The van der Waals surface area contributed by atoms with Gasteiger partial charge in [-0.2, -0.15) is 0 Å². The smallest absolute Gasteiger partial charge is 0.348 e. The molecule has 8 heteroatoms. The first-order valence-electron chi connectivity index (χ1n) is 11.0. The van der Waals surface area contributed by atoms with E-state index < -0.39 is 30.1 Å². The van der Waals surface area contributed by atoms with Crippen LogP contribution in [0.15, 0.2) is 66.0 Å². The van der Waals surface area contributed by atoms with Gasteiger partial charge < -0.3 is 19.9 Å². The van der Waals surface area contributed by atoms with E-state index in [0.717, 1.165) is 18.4 Å². The molecule has 0 unspecified atom stereocenters. The molecule has 0 spiro atoms. The number of carbonyl (C=O) groups excluding carboxylic acids is 3. The number of carbonyl (C=O) groups is 3. The van der Waals surface area contributed by atoms with Crippen LogP contribution in [0.2, 0.25) is 0 Å². The van der Waals surface area contributed by atoms with Crippen LogP contribution in [0.3, 0.4) is 0 Å². The minimum atomic E-state index is -2.08. The second-order valence-electron chi connectivity index (χ2n) is 7.96. The maximum absolute atomic E-state index is 13.1. The highest BCUT2D eigenvalue weighted by Crippen LogP contribution is 2.46. The standard InChI is InChI=1S/C26H25NO6S/c1-2-32-24(29)22-20(17-13-14-17)16-34-23(22)27-21(28)15-33-25(30)26(31,18-9-5-3-6-10-18)19-11-7-4-8-12-19/h3-12,16-17,31H,2,13-15H2,1H3,(H,27,28). The minimum absolute atomic E-state index is 0.224. The molecule has 7 nitrogen and oxygen atoms in total. The highest BCUT2D eigenvalue weighted by molar-refractivity contribution is 7.15. The number of ether oxygens (including phenoxy) is 2. The number of esters is 2. The second kappa shape index (κ2) is 10.2. The minimum Gasteiger partial charge on any atom is -0.462 e. The molecule has 0 saturated heterocycles. The molecule has 0 bridgehead atoms. The van der Waals surface area contributed by atoms with Gasteiger partial charge in [0.1, 0.15) is 5.00 Å². The summed E-state index contributed by atoms with van der Waals surface area (Å²) in [6.07, 6.45) is 1.98. The Kier molecular flexibility index (Phi) is 7.09. The summed E-state index contributed by atoms with van der Waals surface area (Å²) in [5.41, 5.74) is -0.203. The average molecular weight is 480 g/mol. The summed E-state index contributed by atoms with van der Waals surface area (Å²) < 4.78 is 10.4. The van der Waals surface area contributed by atoms with Crippen LogP contribution in [0.5, 0.6) is 0 Å². The fourth-order valence-electron chi connectivity index (χ4n) is 3.73. The van der Waals surface area contributed by atoms with Crippen molar-refractivity contribution in [1.29, 1.82) is 0 Å². The molecule has 1 heterocycles. The molecule has 0 aliphatic heterocycles. The first kappa shape index (κ1) is 23.7. The lowest BCUT2D eigenvalue weighted by Gasteiger charge is -2.26. The highest BCUT2D eigenvalue weighted by atomic mass is 32.1. The lowest BCUT2D eigenvalue weighted by Crippen LogP contribution is -2.39. The highest BCUT2D eigenvalue weighted by Gasteiger charge is 2.42. The molecule has 1 aliphatic carbocycles. The van der Waals surface area contributed by atoms with Crippen molar-refractivity contribution in [2.45, 2.75) is 31.3 Å². The second-order valence-corrected chi connectivity index (χ2v) is 8.84. The molecule has 34 heavy (non-hydrogen) atoms. The molecular weight excluding hydrogens is 454 g/mol. The molecule has 1 aliphatic rings. The van der Waals surface area contributed by atoms with Gasteiger partial charge in [0.25, 0.3) is 5.91 Å². The van der Waals surface area contributed by atoms with Gasteiger partial charge in [0.05, 0.1) is 12.2 Å². The van der Waals surface area contributed by atoms with Gasteiger partial charge in [-0.1, -0.05) is 60.7 Å². The van der Waals surface area contributed by atoms with E-state index in [-0.39, 0.29) is 6.61 Å². The van der Waals surface area contributed by atoms with Gasteiger partial charge in [-0.05, 0) is 47.8 Å². The van der Waals surface area contributed by atoms with Crippen LogP contribution in [-0.2, 0) is 24.7 Å². The molecule has 4 rings (SSSR count). The van der Waals surface area contributed by atoms with Crippen molar-refractivity contribution in [3.8, 4) is 0 Å². The monoisotopic (exact) mass is 479 g/mol. The number of hydrogen-bond donors (Lipinski definition) is 2. The summed E-state index contributed by atoms with van der Waals surface area (Å²) in [6.45, 7) is 1.32. The molecule has 0 atom stereocenters. The summed E-state index contributed by atoms with van der Waals surface area (Å²) in [5, 5.41) is 16.3. The van der Waals surface area contributed by atoms with Gasteiger partial charge in [0.15, 0.2) is 6.61 Å². The normalized spacial score (nSPS) is 13.2. The molecule has 1 fully saturated rings. The zero-order valence-electron chi connectivity index (χ0n) is 18.7. The third-order valence-electron chi connectivity index (χ3n) is 5.58. The van der Waals surface area contributed by atoms with E-state index in [1.165, 1.54) is 11.3 Å². The van der Waals surface area contributed by atoms with Crippen molar-refractivity contribution < 1.29 is 29.0 Å². The van der Waals surface area contributed by atoms with E-state index in [2.05, 4.69) is 5.32 Å². The molecule has 1 saturated carbocycles. The third kappa shape index (κ3) is 4.88. The summed E-state index contributed by atoms with van der Waals surface area (Å²) in [6, 6.07) is 16.8. The number of anilines is 1. The summed E-state index contributed by atoms with van der Waals surface area (Å²) in [5.74, 6) is -1.78. The summed E-state index contributed by atoms with van der Waals surface area (Å²) >= 11 is 1.24. The van der Waals surface area contributed by atoms with Crippen LogP contribution in [0, 0.1) is 0 Å². The maximum Gasteiger partial charge on any atom is 0.348 e. The molecule has 3 aromatic rings. The number of rotatable bonds is 9. The summed E-state index contributed by atoms with van der Waals surface area (Å²) in [4.78, 5) is 38.2. The Morgan fingerprint density at radius 1 is 1.00 bits per heavy atom. The molecular formula is C26H25NO6S. The molecule has 176 valence electrons. The molecule has 1 amide bonds. The van der Waals surface area contributed by atoms with Crippen molar-refractivity contribution in [3.63, 3.8) is 0 Å². The van der Waals surface area contributed by atoms with Gasteiger partial charge >= 0.3 is 11.9 Å². The zero-order valence-corrected chi connectivity index (χ0v) is 19.5.